The highest BCUT2D eigenvalue weighted by atomic mass is 127. The lowest BCUT2D eigenvalue weighted by Gasteiger charge is -2.20. The summed E-state index contributed by atoms with van der Waals surface area (Å²) in [6.45, 7) is 2.35. The highest BCUT2D eigenvalue weighted by Gasteiger charge is 2.23. The van der Waals surface area contributed by atoms with E-state index in [1.165, 1.54) is 0 Å². The Hall–Kier alpha value is -2.26. The zero-order chi connectivity index (χ0) is 20.1. The summed E-state index contributed by atoms with van der Waals surface area (Å²) in [7, 11) is 1.77. The van der Waals surface area contributed by atoms with E-state index >= 15 is 0 Å². The summed E-state index contributed by atoms with van der Waals surface area (Å²) >= 11 is 6.12. The van der Waals surface area contributed by atoms with Gasteiger partial charge in [0.1, 0.15) is 0 Å². The van der Waals surface area contributed by atoms with Gasteiger partial charge < -0.3 is 20.0 Å². The molecule has 2 aromatic carbocycles. The smallest absolute Gasteiger partial charge is 0.214 e. The van der Waals surface area contributed by atoms with E-state index in [1.54, 1.807) is 13.2 Å². The molecule has 158 valence electrons. The van der Waals surface area contributed by atoms with Crippen molar-refractivity contribution >= 4 is 47.2 Å². The van der Waals surface area contributed by atoms with Crippen LogP contribution in [0, 0.1) is 0 Å². The van der Waals surface area contributed by atoms with Crippen LogP contribution in [0.5, 0.6) is 0 Å². The number of hydrogen-bond donors (Lipinski definition) is 2. The second-order valence-electron chi connectivity index (χ2n) is 6.97. The van der Waals surface area contributed by atoms with Crippen molar-refractivity contribution in [3.05, 3.63) is 71.7 Å². The fourth-order valence-electron chi connectivity index (χ4n) is 3.46. The lowest BCUT2D eigenvalue weighted by molar-refractivity contribution is 0.496. The summed E-state index contributed by atoms with van der Waals surface area (Å²) in [4.78, 5) is 11.0. The number of nitrogens with zero attached hydrogens (tertiary/aromatic N) is 3. The van der Waals surface area contributed by atoms with Gasteiger partial charge >= 0.3 is 0 Å². The van der Waals surface area contributed by atoms with E-state index in [0.29, 0.717) is 18.5 Å². The predicted octanol–water partition coefficient (Wildman–Crippen LogP) is 4.56. The standard InChI is InChI=1S/C22H24ClN5O.HI/c1-24-22(26-14-21-25-13-20(29-21)16-6-3-2-4-7-16)27-18-10-11-28(15-18)19-9-5-8-17(23)12-19;/h2-9,12-13,18H,10-11,14-15H2,1H3,(H2,24,26,27);1H. The third-order valence-corrected chi connectivity index (χ3v) is 5.18. The molecule has 1 aliphatic rings. The number of benzene rings is 2. The van der Waals surface area contributed by atoms with Crippen molar-refractivity contribution in [1.82, 2.24) is 15.6 Å². The SMILES string of the molecule is CN=C(NCc1ncc(-c2ccccc2)o1)NC1CCN(c2cccc(Cl)c2)C1.I. The molecule has 0 aliphatic carbocycles. The Kier molecular flexibility index (Phi) is 7.98. The highest BCUT2D eigenvalue weighted by Crippen LogP contribution is 2.23. The number of anilines is 1. The molecule has 3 aromatic rings. The van der Waals surface area contributed by atoms with Crippen molar-refractivity contribution in [3.8, 4) is 11.3 Å². The average Bonchev–Trinajstić information content (AvgIpc) is 3.41. The van der Waals surface area contributed by atoms with E-state index in [0.717, 1.165) is 47.5 Å². The van der Waals surface area contributed by atoms with E-state index in [4.69, 9.17) is 16.0 Å². The van der Waals surface area contributed by atoms with Gasteiger partial charge in [0.25, 0.3) is 0 Å². The molecular weight excluding hydrogens is 513 g/mol. The maximum Gasteiger partial charge on any atom is 0.214 e. The normalized spacial score (nSPS) is 16.3. The zero-order valence-electron chi connectivity index (χ0n) is 16.7. The van der Waals surface area contributed by atoms with Crippen LogP contribution in [0.3, 0.4) is 0 Å². The molecule has 4 rings (SSSR count). The van der Waals surface area contributed by atoms with Gasteiger partial charge in [-0.3, -0.25) is 4.99 Å². The van der Waals surface area contributed by atoms with Crippen LogP contribution in [0.15, 0.2) is 70.2 Å². The molecule has 0 amide bonds. The molecule has 1 unspecified atom stereocenters. The number of nitrogens with one attached hydrogen (secondary N) is 2. The van der Waals surface area contributed by atoms with Gasteiger partial charge in [-0.15, -0.1) is 24.0 Å². The summed E-state index contributed by atoms with van der Waals surface area (Å²) in [6, 6.07) is 18.2. The number of aliphatic imine (C=N–C) groups is 1. The molecule has 6 nitrogen and oxygen atoms in total. The molecule has 8 heteroatoms. The van der Waals surface area contributed by atoms with Gasteiger partial charge in [0.15, 0.2) is 11.7 Å². The van der Waals surface area contributed by atoms with Crippen LogP contribution >= 0.6 is 35.6 Å². The number of hydrogen-bond acceptors (Lipinski definition) is 4. The maximum atomic E-state index is 6.12. The minimum atomic E-state index is 0. The molecule has 1 aliphatic heterocycles. The summed E-state index contributed by atoms with van der Waals surface area (Å²) in [5.74, 6) is 2.12. The van der Waals surface area contributed by atoms with E-state index < -0.39 is 0 Å². The first-order valence-corrected chi connectivity index (χ1v) is 10.1. The molecule has 30 heavy (non-hydrogen) atoms. The van der Waals surface area contributed by atoms with Crippen LogP contribution < -0.4 is 15.5 Å². The van der Waals surface area contributed by atoms with Gasteiger partial charge in [-0.1, -0.05) is 48.0 Å². The summed E-state index contributed by atoms with van der Waals surface area (Å²) in [5, 5.41) is 7.53. The number of rotatable bonds is 5. The fraction of sp³-hybridized carbons (Fsp3) is 0.273. The summed E-state index contributed by atoms with van der Waals surface area (Å²) in [5.41, 5.74) is 2.17. The first-order chi connectivity index (χ1) is 14.2. The van der Waals surface area contributed by atoms with E-state index in [9.17, 15) is 0 Å². The molecule has 1 saturated heterocycles. The monoisotopic (exact) mass is 537 g/mol. The third kappa shape index (κ3) is 5.66. The Morgan fingerprint density at radius 1 is 1.23 bits per heavy atom. The number of halogens is 2. The van der Waals surface area contributed by atoms with Crippen molar-refractivity contribution < 1.29 is 4.42 Å². The Morgan fingerprint density at radius 3 is 2.83 bits per heavy atom. The van der Waals surface area contributed by atoms with Gasteiger partial charge in [0.2, 0.25) is 5.89 Å². The lowest BCUT2D eigenvalue weighted by atomic mass is 10.2. The van der Waals surface area contributed by atoms with E-state index in [1.807, 2.05) is 48.5 Å². The quantitative estimate of drug-likeness (QED) is 0.284. The van der Waals surface area contributed by atoms with Crippen molar-refractivity contribution in [2.75, 3.05) is 25.0 Å². The molecule has 0 spiro atoms. The minimum Gasteiger partial charge on any atom is -0.439 e. The predicted molar refractivity (Wildman–Crippen MR) is 133 cm³/mol. The maximum absolute atomic E-state index is 6.12. The molecule has 1 atom stereocenters. The third-order valence-electron chi connectivity index (χ3n) is 4.94. The zero-order valence-corrected chi connectivity index (χ0v) is 19.8. The molecule has 2 heterocycles. The average molecular weight is 538 g/mol. The molecular formula is C22H25ClIN5O. The molecule has 1 aromatic heterocycles. The van der Waals surface area contributed by atoms with Crippen LogP contribution in [0.1, 0.15) is 12.3 Å². The van der Waals surface area contributed by atoms with Gasteiger partial charge in [0, 0.05) is 42.5 Å². The van der Waals surface area contributed by atoms with E-state index in [2.05, 4.69) is 31.6 Å². The molecule has 0 bridgehead atoms. The molecule has 0 radical (unpaired) electrons. The second kappa shape index (κ2) is 10.7. The first kappa shape index (κ1) is 22.4. The van der Waals surface area contributed by atoms with Crippen molar-refractivity contribution in [1.29, 1.82) is 0 Å². The topological polar surface area (TPSA) is 65.7 Å². The van der Waals surface area contributed by atoms with Gasteiger partial charge in [-0.05, 0) is 24.6 Å². The van der Waals surface area contributed by atoms with Crippen molar-refractivity contribution in [3.63, 3.8) is 0 Å². The van der Waals surface area contributed by atoms with Crippen LogP contribution in [0.2, 0.25) is 5.02 Å². The summed E-state index contributed by atoms with van der Waals surface area (Å²) in [6.07, 6.45) is 2.78. The van der Waals surface area contributed by atoms with Crippen LogP contribution in [0.25, 0.3) is 11.3 Å². The fourth-order valence-corrected chi connectivity index (χ4v) is 3.65. The van der Waals surface area contributed by atoms with Crippen LogP contribution in [-0.2, 0) is 6.54 Å². The largest absolute Gasteiger partial charge is 0.439 e. The van der Waals surface area contributed by atoms with Gasteiger partial charge in [0.05, 0.1) is 12.7 Å². The molecule has 1 fully saturated rings. The number of aromatic nitrogens is 1. The molecule has 0 saturated carbocycles. The van der Waals surface area contributed by atoms with Gasteiger partial charge in [-0.2, -0.15) is 0 Å². The second-order valence-corrected chi connectivity index (χ2v) is 7.40. The Morgan fingerprint density at radius 2 is 2.07 bits per heavy atom. The Bertz CT molecular complexity index is 978. The lowest BCUT2D eigenvalue weighted by Crippen LogP contribution is -2.44. The molecule has 2 N–H and O–H groups in total. The Balaban J connectivity index is 0.00000256. The van der Waals surface area contributed by atoms with Crippen LogP contribution in [-0.4, -0.2) is 37.1 Å². The van der Waals surface area contributed by atoms with Crippen LogP contribution in [0.4, 0.5) is 5.69 Å². The first-order valence-electron chi connectivity index (χ1n) is 9.69. The number of oxazole rings is 1. The van der Waals surface area contributed by atoms with Gasteiger partial charge in [-0.25, -0.2) is 4.98 Å². The summed E-state index contributed by atoms with van der Waals surface area (Å²) < 4.78 is 5.84. The number of guanidine groups is 1. The van der Waals surface area contributed by atoms with E-state index in [-0.39, 0.29) is 24.0 Å². The minimum absolute atomic E-state index is 0. The Labute approximate surface area is 198 Å². The highest BCUT2D eigenvalue weighted by molar-refractivity contribution is 14.0. The van der Waals surface area contributed by atoms with Crippen molar-refractivity contribution in [2.24, 2.45) is 4.99 Å². The van der Waals surface area contributed by atoms with Crippen molar-refractivity contribution in [2.45, 2.75) is 19.0 Å².